The fourth-order valence-electron chi connectivity index (χ4n) is 13.0. The third-order valence-electron chi connectivity index (χ3n) is 17.3. The number of para-hydroxylation sites is 4. The van der Waals surface area contributed by atoms with Gasteiger partial charge in [0.25, 0.3) is 0 Å². The zero-order valence-electron chi connectivity index (χ0n) is 48.3. The standard InChI is InChI=1S/C84H58N4/c1-5-17-59(18-6-1)61-29-43-71(44-30-61)85(75-51-37-65(38-52-75)67-41-55-83-79(57-67)77-25-13-15-27-81(77)87(83)69-21-9-3-10-22-69)73-47-33-63(34-48-73)64-35-49-74(50-36-64)86(72-45-31-62(32-46-72)60-19-7-2-8-20-60)76-53-39-66(40-54-76)68-42-56-84-80(58-68)78-26-14-16-28-82(78)88(84)70-23-11-4-12-24-70/h1-58H. The van der Waals surface area contributed by atoms with Crippen LogP contribution in [0.15, 0.2) is 352 Å². The highest BCUT2D eigenvalue weighted by molar-refractivity contribution is 6.12. The van der Waals surface area contributed by atoms with Gasteiger partial charge in [-0.25, -0.2) is 0 Å². The van der Waals surface area contributed by atoms with E-state index in [0.29, 0.717) is 0 Å². The molecule has 14 aromatic carbocycles. The minimum atomic E-state index is 1.07. The fraction of sp³-hybridized carbons (Fsp3) is 0. The van der Waals surface area contributed by atoms with Gasteiger partial charge in [-0.2, -0.15) is 0 Å². The summed E-state index contributed by atoms with van der Waals surface area (Å²) in [5.41, 5.74) is 25.3. The van der Waals surface area contributed by atoms with Gasteiger partial charge in [0.05, 0.1) is 22.1 Å². The summed E-state index contributed by atoms with van der Waals surface area (Å²) in [6.07, 6.45) is 0. The van der Waals surface area contributed by atoms with Crippen LogP contribution in [-0.2, 0) is 0 Å². The largest absolute Gasteiger partial charge is 0.311 e. The van der Waals surface area contributed by atoms with E-state index >= 15 is 0 Å². The van der Waals surface area contributed by atoms with Crippen molar-refractivity contribution in [3.63, 3.8) is 0 Å². The molecule has 0 bridgehead atoms. The Morgan fingerprint density at radius 2 is 0.375 bits per heavy atom. The molecule has 0 atom stereocenters. The molecule has 0 saturated heterocycles. The van der Waals surface area contributed by atoms with Crippen LogP contribution in [0.5, 0.6) is 0 Å². The van der Waals surface area contributed by atoms with E-state index in [1.807, 2.05) is 0 Å². The normalized spacial score (nSPS) is 11.4. The Kier molecular flexibility index (Phi) is 13.2. The molecule has 414 valence electrons. The Labute approximate surface area is 512 Å². The van der Waals surface area contributed by atoms with Crippen LogP contribution in [0.2, 0.25) is 0 Å². The molecule has 0 radical (unpaired) electrons. The van der Waals surface area contributed by atoms with Crippen molar-refractivity contribution in [2.45, 2.75) is 0 Å². The third-order valence-corrected chi connectivity index (χ3v) is 17.3. The van der Waals surface area contributed by atoms with Crippen LogP contribution >= 0.6 is 0 Å². The lowest BCUT2D eigenvalue weighted by atomic mass is 10.0. The Hall–Kier alpha value is -11.7. The predicted molar refractivity (Wildman–Crippen MR) is 372 cm³/mol. The SMILES string of the molecule is c1ccc(-c2ccc(N(c3ccc(-c4ccc(N(c5ccc(-c6ccccc6)cc5)c5ccc(-c6ccc7c(c6)c6ccccc6n7-c6ccccc6)cc5)cc4)cc3)c3ccc(-c4ccc5c(c4)c4ccccc4n5-c4ccccc4)cc3)cc2)cc1. The average Bonchev–Trinajstić information content (AvgIpc) is 1.89. The van der Waals surface area contributed by atoms with Gasteiger partial charge >= 0.3 is 0 Å². The van der Waals surface area contributed by atoms with Gasteiger partial charge in [-0.1, -0.05) is 218 Å². The summed E-state index contributed by atoms with van der Waals surface area (Å²) in [4.78, 5) is 4.72. The minimum Gasteiger partial charge on any atom is -0.311 e. The van der Waals surface area contributed by atoms with E-state index in [2.05, 4.69) is 371 Å². The maximum Gasteiger partial charge on any atom is 0.0541 e. The van der Waals surface area contributed by atoms with Crippen molar-refractivity contribution in [1.29, 1.82) is 0 Å². The van der Waals surface area contributed by atoms with Crippen molar-refractivity contribution in [2.75, 3.05) is 9.80 Å². The van der Waals surface area contributed by atoms with E-state index in [9.17, 15) is 0 Å². The second-order valence-corrected chi connectivity index (χ2v) is 22.5. The number of benzene rings is 14. The van der Waals surface area contributed by atoms with Gasteiger partial charge in [0.15, 0.2) is 0 Å². The van der Waals surface area contributed by atoms with Crippen molar-refractivity contribution < 1.29 is 0 Å². The molecule has 0 aliphatic rings. The van der Waals surface area contributed by atoms with Gasteiger partial charge in [0.1, 0.15) is 0 Å². The van der Waals surface area contributed by atoms with Crippen LogP contribution in [0.25, 0.3) is 111 Å². The van der Waals surface area contributed by atoms with Gasteiger partial charge in [-0.15, -0.1) is 0 Å². The van der Waals surface area contributed by atoms with Crippen molar-refractivity contribution in [2.24, 2.45) is 0 Å². The molecule has 0 unspecified atom stereocenters. The van der Waals surface area contributed by atoms with Crippen LogP contribution < -0.4 is 9.80 Å². The zero-order chi connectivity index (χ0) is 58.3. The molecule has 2 aromatic heterocycles. The summed E-state index contributed by atoms with van der Waals surface area (Å²) in [6.45, 7) is 0. The molecule has 0 amide bonds. The number of hydrogen-bond donors (Lipinski definition) is 0. The van der Waals surface area contributed by atoms with Gasteiger partial charge in [0.2, 0.25) is 0 Å². The Bertz CT molecular complexity index is 4780. The zero-order valence-corrected chi connectivity index (χ0v) is 48.3. The molecular weight excluding hydrogens is 1060 g/mol. The summed E-state index contributed by atoms with van der Waals surface area (Å²) in [7, 11) is 0. The molecule has 4 heteroatoms. The number of anilines is 6. The summed E-state index contributed by atoms with van der Waals surface area (Å²) in [5.74, 6) is 0. The quantitative estimate of drug-likeness (QED) is 0.114. The van der Waals surface area contributed by atoms with Gasteiger partial charge in [-0.3, -0.25) is 0 Å². The molecule has 0 saturated carbocycles. The molecule has 16 aromatic rings. The van der Waals surface area contributed by atoms with Crippen molar-refractivity contribution in [3.05, 3.63) is 352 Å². The second kappa shape index (κ2) is 22.4. The highest BCUT2D eigenvalue weighted by atomic mass is 15.1. The summed E-state index contributed by atoms with van der Waals surface area (Å²) in [5, 5.41) is 4.96. The lowest BCUT2D eigenvalue weighted by Gasteiger charge is -2.27. The average molecular weight is 1120 g/mol. The maximum absolute atomic E-state index is 2.37. The Morgan fingerprint density at radius 1 is 0.159 bits per heavy atom. The fourth-order valence-corrected chi connectivity index (χ4v) is 13.0. The van der Waals surface area contributed by atoms with Gasteiger partial charge in [-0.05, 0) is 189 Å². The van der Waals surface area contributed by atoms with Crippen molar-refractivity contribution in [3.8, 4) is 67.0 Å². The first-order valence-electron chi connectivity index (χ1n) is 30.1. The monoisotopic (exact) mass is 1120 g/mol. The molecular formula is C84H58N4. The molecule has 0 spiro atoms. The number of nitrogens with zero attached hydrogens (tertiary/aromatic N) is 4. The lowest BCUT2D eigenvalue weighted by molar-refractivity contribution is 1.18. The Morgan fingerprint density at radius 3 is 0.670 bits per heavy atom. The topological polar surface area (TPSA) is 16.3 Å². The number of aromatic nitrogens is 2. The first kappa shape index (κ1) is 51.9. The number of hydrogen-bond acceptors (Lipinski definition) is 2. The smallest absolute Gasteiger partial charge is 0.0541 e. The first-order valence-corrected chi connectivity index (χ1v) is 30.1. The lowest BCUT2D eigenvalue weighted by Crippen LogP contribution is -2.10. The Balaban J connectivity index is 0.715. The third kappa shape index (κ3) is 9.56. The van der Waals surface area contributed by atoms with Crippen molar-refractivity contribution >= 4 is 77.7 Å². The van der Waals surface area contributed by atoms with E-state index in [4.69, 9.17) is 0 Å². The highest BCUT2D eigenvalue weighted by Gasteiger charge is 2.19. The summed E-state index contributed by atoms with van der Waals surface area (Å²) < 4.78 is 4.74. The number of fused-ring (bicyclic) bond motifs is 6. The van der Waals surface area contributed by atoms with E-state index in [-0.39, 0.29) is 0 Å². The van der Waals surface area contributed by atoms with Crippen LogP contribution in [0.4, 0.5) is 34.1 Å². The van der Waals surface area contributed by atoms with E-state index in [0.717, 1.165) is 67.8 Å². The summed E-state index contributed by atoms with van der Waals surface area (Å²) in [6, 6.07) is 128. The molecule has 0 aliphatic carbocycles. The van der Waals surface area contributed by atoms with Crippen LogP contribution in [0.3, 0.4) is 0 Å². The van der Waals surface area contributed by atoms with Crippen LogP contribution in [0, 0.1) is 0 Å². The van der Waals surface area contributed by atoms with Crippen LogP contribution in [-0.4, -0.2) is 9.13 Å². The first-order chi connectivity index (χ1) is 43.6. The van der Waals surface area contributed by atoms with Gasteiger partial charge in [0, 0.05) is 67.0 Å². The van der Waals surface area contributed by atoms with Crippen molar-refractivity contribution in [1.82, 2.24) is 9.13 Å². The summed E-state index contributed by atoms with van der Waals surface area (Å²) >= 11 is 0. The van der Waals surface area contributed by atoms with E-state index in [1.165, 1.54) is 77.0 Å². The predicted octanol–water partition coefficient (Wildman–Crippen LogP) is 23.2. The minimum absolute atomic E-state index is 1.07. The van der Waals surface area contributed by atoms with E-state index < -0.39 is 0 Å². The molecule has 0 N–H and O–H groups in total. The second-order valence-electron chi connectivity index (χ2n) is 22.5. The molecule has 0 aliphatic heterocycles. The molecule has 0 fully saturated rings. The molecule has 2 heterocycles. The van der Waals surface area contributed by atoms with E-state index in [1.54, 1.807) is 0 Å². The van der Waals surface area contributed by atoms with Crippen LogP contribution in [0.1, 0.15) is 0 Å². The van der Waals surface area contributed by atoms with Gasteiger partial charge < -0.3 is 18.9 Å². The number of rotatable bonds is 13. The molecule has 88 heavy (non-hydrogen) atoms. The highest BCUT2D eigenvalue weighted by Crippen LogP contribution is 2.43. The molecule has 16 rings (SSSR count). The maximum atomic E-state index is 2.37. The molecule has 4 nitrogen and oxygen atoms in total.